The summed E-state index contributed by atoms with van der Waals surface area (Å²) in [7, 11) is 0. The van der Waals surface area contributed by atoms with E-state index in [9.17, 15) is 19.7 Å². The van der Waals surface area contributed by atoms with Crippen molar-refractivity contribution in [2.75, 3.05) is 6.54 Å². The van der Waals surface area contributed by atoms with Crippen LogP contribution in [0.1, 0.15) is 42.6 Å². The molecule has 1 aromatic heterocycles. The summed E-state index contributed by atoms with van der Waals surface area (Å²) >= 11 is 0. The molecule has 0 saturated carbocycles. The summed E-state index contributed by atoms with van der Waals surface area (Å²) in [5, 5.41) is 12.1. The molecule has 2 aliphatic rings. The fraction of sp³-hybridized carbons (Fsp3) is 0.304. The summed E-state index contributed by atoms with van der Waals surface area (Å²) in [5.41, 5.74) is 3.56. The average Bonchev–Trinajstić information content (AvgIpc) is 3.26. The van der Waals surface area contributed by atoms with Gasteiger partial charge in [-0.15, -0.1) is 0 Å². The zero-order valence-corrected chi connectivity index (χ0v) is 17.1. The van der Waals surface area contributed by atoms with E-state index in [-0.39, 0.29) is 17.6 Å². The van der Waals surface area contributed by atoms with Crippen LogP contribution in [0.3, 0.4) is 0 Å². The first-order chi connectivity index (χ1) is 15.0. The van der Waals surface area contributed by atoms with E-state index in [2.05, 4.69) is 4.98 Å². The number of fused-ring (bicyclic) bond motifs is 4. The molecule has 3 amide bonds. The minimum Gasteiger partial charge on any atom is -0.356 e. The zero-order valence-electron chi connectivity index (χ0n) is 17.1. The highest BCUT2D eigenvalue weighted by Gasteiger charge is 2.52. The summed E-state index contributed by atoms with van der Waals surface area (Å²) in [5.74, 6) is -0.165. The van der Waals surface area contributed by atoms with Gasteiger partial charge in [0.15, 0.2) is 0 Å². The van der Waals surface area contributed by atoms with Gasteiger partial charge in [0.25, 0.3) is 11.6 Å². The Morgan fingerprint density at radius 2 is 1.87 bits per heavy atom. The third kappa shape index (κ3) is 2.90. The minimum atomic E-state index is -0.573. The number of benzene rings is 2. The molecule has 2 atom stereocenters. The van der Waals surface area contributed by atoms with Crippen molar-refractivity contribution in [3.63, 3.8) is 0 Å². The van der Waals surface area contributed by atoms with E-state index in [0.717, 1.165) is 40.6 Å². The Morgan fingerprint density at radius 3 is 2.58 bits per heavy atom. The van der Waals surface area contributed by atoms with Gasteiger partial charge in [0.2, 0.25) is 0 Å². The lowest BCUT2D eigenvalue weighted by atomic mass is 9.89. The van der Waals surface area contributed by atoms with Crippen molar-refractivity contribution in [1.29, 1.82) is 0 Å². The largest absolute Gasteiger partial charge is 0.356 e. The predicted molar refractivity (Wildman–Crippen MR) is 115 cm³/mol. The first-order valence-electron chi connectivity index (χ1n) is 10.5. The number of rotatable bonds is 5. The number of carbonyl (C=O) groups is 2. The summed E-state index contributed by atoms with van der Waals surface area (Å²) in [6, 6.07) is 12.7. The fourth-order valence-corrected chi connectivity index (χ4v) is 4.78. The predicted octanol–water partition coefficient (Wildman–Crippen LogP) is 4.15. The number of amides is 3. The van der Waals surface area contributed by atoms with E-state index in [0.29, 0.717) is 13.0 Å². The van der Waals surface area contributed by atoms with Gasteiger partial charge in [-0.25, -0.2) is 4.79 Å². The highest BCUT2D eigenvalue weighted by molar-refractivity contribution is 6.05. The number of para-hydroxylation sites is 1. The number of urea groups is 1. The topological polar surface area (TPSA) is 99.5 Å². The molecule has 158 valence electrons. The molecular formula is C23H22N4O4. The van der Waals surface area contributed by atoms with Gasteiger partial charge in [0, 0.05) is 41.7 Å². The smallest absolute Gasteiger partial charge is 0.328 e. The molecule has 0 aliphatic carbocycles. The lowest BCUT2D eigenvalue weighted by Crippen LogP contribution is -2.44. The van der Waals surface area contributed by atoms with Crippen LogP contribution in [0.25, 0.3) is 10.9 Å². The van der Waals surface area contributed by atoms with Crippen LogP contribution in [-0.4, -0.2) is 44.2 Å². The Morgan fingerprint density at radius 1 is 1.13 bits per heavy atom. The van der Waals surface area contributed by atoms with Crippen LogP contribution >= 0.6 is 0 Å². The Hall–Kier alpha value is -3.68. The number of H-pyrrole nitrogens is 1. The van der Waals surface area contributed by atoms with Crippen LogP contribution in [0.15, 0.2) is 48.5 Å². The quantitative estimate of drug-likeness (QED) is 0.382. The maximum absolute atomic E-state index is 13.3. The Bertz CT molecular complexity index is 1200. The number of non-ortho nitro benzene ring substituents is 1. The highest BCUT2D eigenvalue weighted by atomic mass is 16.6. The normalized spacial score (nSPS) is 20.3. The summed E-state index contributed by atoms with van der Waals surface area (Å²) in [6.45, 7) is 2.43. The van der Waals surface area contributed by atoms with Gasteiger partial charge in [-0.3, -0.25) is 24.7 Å². The third-order valence-corrected chi connectivity index (χ3v) is 6.29. The first-order valence-corrected chi connectivity index (χ1v) is 10.5. The fourth-order valence-electron chi connectivity index (χ4n) is 4.78. The van der Waals surface area contributed by atoms with Crippen molar-refractivity contribution in [2.24, 2.45) is 0 Å². The number of unbranched alkanes of at least 4 members (excludes halogenated alkanes) is 1. The highest BCUT2D eigenvalue weighted by Crippen LogP contribution is 2.44. The number of nitrogens with zero attached hydrogens (tertiary/aromatic N) is 3. The molecule has 0 unspecified atom stereocenters. The Balaban J connectivity index is 1.66. The monoisotopic (exact) mass is 418 g/mol. The number of imide groups is 1. The van der Waals surface area contributed by atoms with Crippen molar-refractivity contribution in [2.45, 2.75) is 38.3 Å². The third-order valence-electron chi connectivity index (χ3n) is 6.29. The number of carbonyl (C=O) groups excluding carboxylic acids is 2. The minimum absolute atomic E-state index is 0.0126. The van der Waals surface area contributed by atoms with Gasteiger partial charge >= 0.3 is 6.03 Å². The molecule has 1 N–H and O–H groups in total. The molecule has 3 aromatic rings. The molecule has 3 heterocycles. The molecular weight excluding hydrogens is 396 g/mol. The number of nitro groups is 1. The van der Waals surface area contributed by atoms with Crippen LogP contribution < -0.4 is 0 Å². The van der Waals surface area contributed by atoms with Crippen LogP contribution in [0.4, 0.5) is 10.5 Å². The maximum Gasteiger partial charge on any atom is 0.328 e. The lowest BCUT2D eigenvalue weighted by Gasteiger charge is -2.36. The number of nitrogens with one attached hydrogen (secondary N) is 1. The van der Waals surface area contributed by atoms with Crippen LogP contribution in [0, 0.1) is 10.1 Å². The summed E-state index contributed by atoms with van der Waals surface area (Å²) < 4.78 is 0. The first kappa shape index (κ1) is 19.3. The van der Waals surface area contributed by atoms with E-state index in [4.69, 9.17) is 0 Å². The van der Waals surface area contributed by atoms with Gasteiger partial charge in [-0.05, 0) is 35.7 Å². The second-order valence-electron chi connectivity index (χ2n) is 8.07. The molecule has 0 spiro atoms. The number of nitro benzene ring substituents is 1. The number of hydrogen-bond donors (Lipinski definition) is 1. The molecule has 0 radical (unpaired) electrons. The average molecular weight is 418 g/mol. The van der Waals surface area contributed by atoms with Gasteiger partial charge in [0.05, 0.1) is 4.92 Å². The molecule has 0 bridgehead atoms. The lowest BCUT2D eigenvalue weighted by molar-refractivity contribution is -0.384. The number of aromatic amines is 1. The van der Waals surface area contributed by atoms with Crippen molar-refractivity contribution in [3.8, 4) is 0 Å². The second kappa shape index (κ2) is 7.23. The summed E-state index contributed by atoms with van der Waals surface area (Å²) in [6.07, 6.45) is 2.10. The number of aromatic nitrogens is 1. The Kier molecular flexibility index (Phi) is 4.50. The van der Waals surface area contributed by atoms with E-state index in [1.807, 2.05) is 31.2 Å². The van der Waals surface area contributed by atoms with Gasteiger partial charge in [-0.2, -0.15) is 0 Å². The van der Waals surface area contributed by atoms with Crippen molar-refractivity contribution in [1.82, 2.24) is 14.8 Å². The molecule has 1 fully saturated rings. The van der Waals surface area contributed by atoms with Crippen molar-refractivity contribution >= 4 is 28.5 Å². The van der Waals surface area contributed by atoms with E-state index in [1.165, 1.54) is 17.0 Å². The van der Waals surface area contributed by atoms with Gasteiger partial charge in [-0.1, -0.05) is 31.5 Å². The molecule has 31 heavy (non-hydrogen) atoms. The zero-order chi connectivity index (χ0) is 21.7. The van der Waals surface area contributed by atoms with Gasteiger partial charge in [0.1, 0.15) is 12.1 Å². The maximum atomic E-state index is 13.3. The molecule has 1 saturated heterocycles. The van der Waals surface area contributed by atoms with Crippen molar-refractivity contribution in [3.05, 3.63) is 75.5 Å². The van der Waals surface area contributed by atoms with Crippen molar-refractivity contribution < 1.29 is 14.5 Å². The van der Waals surface area contributed by atoms with E-state index in [1.54, 1.807) is 17.0 Å². The Labute approximate surface area is 178 Å². The van der Waals surface area contributed by atoms with Crippen LogP contribution in [-0.2, 0) is 11.2 Å². The molecule has 8 nitrogen and oxygen atoms in total. The molecule has 5 rings (SSSR count). The van der Waals surface area contributed by atoms with Gasteiger partial charge < -0.3 is 4.98 Å². The number of hydrogen-bond acceptors (Lipinski definition) is 4. The van der Waals surface area contributed by atoms with E-state index < -0.39 is 17.0 Å². The van der Waals surface area contributed by atoms with E-state index >= 15 is 0 Å². The molecule has 8 heteroatoms. The standard InChI is InChI=1S/C23H22N4O4/c1-2-3-12-25-22(28)19-13-17-16-6-4-5-7-18(16)24-20(17)21(26(19)23(25)29)14-8-10-15(11-9-14)27(30)31/h4-11,19,21,24H,2-3,12-13H2,1H3/t19-,21-/m0/s1. The summed E-state index contributed by atoms with van der Waals surface area (Å²) in [4.78, 5) is 43.7. The molecule has 2 aliphatic heterocycles. The SMILES string of the molecule is CCCCN1C(=O)[C@@H]2Cc3c([nH]c4ccccc34)[C@H](c3ccc([N+](=O)[O-])cc3)N2C1=O. The second-order valence-corrected chi connectivity index (χ2v) is 8.07. The molecule has 2 aromatic carbocycles. The van der Waals surface area contributed by atoms with Crippen LogP contribution in [0.5, 0.6) is 0 Å². The van der Waals surface area contributed by atoms with Crippen LogP contribution in [0.2, 0.25) is 0 Å².